The van der Waals surface area contributed by atoms with E-state index >= 15 is 0 Å². The van der Waals surface area contributed by atoms with Gasteiger partial charge >= 0.3 is 0 Å². The minimum atomic E-state index is 0.433. The molecule has 0 aliphatic carbocycles. The van der Waals surface area contributed by atoms with Crippen LogP contribution in [0.15, 0.2) is 17.5 Å². The van der Waals surface area contributed by atoms with Gasteiger partial charge in [0.05, 0.1) is 12.2 Å². The van der Waals surface area contributed by atoms with E-state index < -0.39 is 0 Å². The molecule has 0 saturated heterocycles. The number of rotatable bonds is 6. The third-order valence-corrected chi connectivity index (χ3v) is 4.33. The van der Waals surface area contributed by atoms with Crippen molar-refractivity contribution in [3.63, 3.8) is 0 Å². The van der Waals surface area contributed by atoms with E-state index in [-0.39, 0.29) is 0 Å². The van der Waals surface area contributed by atoms with Gasteiger partial charge in [-0.3, -0.25) is 4.68 Å². The van der Waals surface area contributed by atoms with Gasteiger partial charge in [0, 0.05) is 30.1 Å². The van der Waals surface area contributed by atoms with Crippen molar-refractivity contribution in [1.82, 2.24) is 15.1 Å². The summed E-state index contributed by atoms with van der Waals surface area (Å²) in [5.41, 5.74) is 2.40. The Morgan fingerprint density at radius 1 is 1.45 bits per heavy atom. The largest absolute Gasteiger partial charge is 0.349 e. The molecule has 0 bridgehead atoms. The SMILES string of the molecule is CNCc1c(C)nn(C)c1N(Cc1cccs1)C(C)C. The molecule has 2 aromatic heterocycles. The zero-order valence-corrected chi connectivity index (χ0v) is 13.8. The number of nitrogens with one attached hydrogen (secondary N) is 1. The van der Waals surface area contributed by atoms with Crippen molar-refractivity contribution in [3.8, 4) is 0 Å². The lowest BCUT2D eigenvalue weighted by molar-refractivity contribution is 0.633. The molecule has 2 aromatic rings. The maximum absolute atomic E-state index is 4.60. The fraction of sp³-hybridized carbons (Fsp3) is 0.533. The van der Waals surface area contributed by atoms with Crippen LogP contribution < -0.4 is 10.2 Å². The third kappa shape index (κ3) is 3.04. The molecule has 0 radical (unpaired) electrons. The first-order valence-corrected chi connectivity index (χ1v) is 7.88. The lowest BCUT2D eigenvalue weighted by Gasteiger charge is -2.29. The lowest BCUT2D eigenvalue weighted by Crippen LogP contribution is -2.32. The van der Waals surface area contributed by atoms with Gasteiger partial charge < -0.3 is 10.2 Å². The number of nitrogens with zero attached hydrogens (tertiary/aromatic N) is 3. The predicted octanol–water partition coefficient (Wildman–Crippen LogP) is 2.92. The first-order chi connectivity index (χ1) is 9.54. The molecule has 4 nitrogen and oxygen atoms in total. The van der Waals surface area contributed by atoms with Crippen LogP contribution in [0.1, 0.15) is 30.0 Å². The molecule has 2 heterocycles. The second kappa shape index (κ2) is 6.41. The quantitative estimate of drug-likeness (QED) is 0.888. The summed E-state index contributed by atoms with van der Waals surface area (Å²) in [5, 5.41) is 9.99. The number of anilines is 1. The summed E-state index contributed by atoms with van der Waals surface area (Å²) in [4.78, 5) is 3.81. The molecule has 0 aromatic carbocycles. The van der Waals surface area contributed by atoms with Gasteiger partial charge in [0.25, 0.3) is 0 Å². The minimum absolute atomic E-state index is 0.433. The molecule has 2 rings (SSSR count). The number of aryl methyl sites for hydroxylation is 2. The van der Waals surface area contributed by atoms with Crippen LogP contribution in [-0.2, 0) is 20.1 Å². The summed E-state index contributed by atoms with van der Waals surface area (Å²) in [5.74, 6) is 1.22. The van der Waals surface area contributed by atoms with Gasteiger partial charge in [-0.1, -0.05) is 6.07 Å². The highest BCUT2D eigenvalue weighted by molar-refractivity contribution is 7.09. The van der Waals surface area contributed by atoms with Crippen molar-refractivity contribution in [2.75, 3.05) is 11.9 Å². The topological polar surface area (TPSA) is 33.1 Å². The van der Waals surface area contributed by atoms with Crippen molar-refractivity contribution < 1.29 is 0 Å². The number of hydrogen-bond acceptors (Lipinski definition) is 4. The van der Waals surface area contributed by atoms with Gasteiger partial charge in [0.15, 0.2) is 0 Å². The van der Waals surface area contributed by atoms with E-state index in [0.717, 1.165) is 18.8 Å². The summed E-state index contributed by atoms with van der Waals surface area (Å²) in [6.45, 7) is 8.34. The highest BCUT2D eigenvalue weighted by Gasteiger charge is 2.21. The number of hydrogen-bond donors (Lipinski definition) is 1. The second-order valence-corrected chi connectivity index (χ2v) is 6.37. The Morgan fingerprint density at radius 3 is 2.75 bits per heavy atom. The average molecular weight is 292 g/mol. The molecule has 20 heavy (non-hydrogen) atoms. The van der Waals surface area contributed by atoms with Gasteiger partial charge in [-0.25, -0.2) is 0 Å². The second-order valence-electron chi connectivity index (χ2n) is 5.34. The van der Waals surface area contributed by atoms with Gasteiger partial charge in [-0.05, 0) is 39.3 Å². The fourth-order valence-corrected chi connectivity index (χ4v) is 3.21. The van der Waals surface area contributed by atoms with Crippen molar-refractivity contribution in [2.45, 2.75) is 39.9 Å². The van der Waals surface area contributed by atoms with Crippen molar-refractivity contribution in [2.24, 2.45) is 7.05 Å². The van der Waals surface area contributed by atoms with Crippen LogP contribution in [0.5, 0.6) is 0 Å². The van der Waals surface area contributed by atoms with Crippen LogP contribution in [-0.4, -0.2) is 22.9 Å². The first kappa shape index (κ1) is 15.1. The standard InChI is InChI=1S/C15H24N4S/c1-11(2)19(10-13-7-6-8-20-13)15-14(9-16-4)12(3)17-18(15)5/h6-8,11,16H,9-10H2,1-5H3. The molecule has 0 saturated carbocycles. The Balaban J connectivity index is 2.38. The molecule has 0 fully saturated rings. The van der Waals surface area contributed by atoms with Crippen LogP contribution in [0, 0.1) is 6.92 Å². The van der Waals surface area contributed by atoms with Crippen LogP contribution in [0.2, 0.25) is 0 Å². The zero-order chi connectivity index (χ0) is 14.7. The van der Waals surface area contributed by atoms with Crippen LogP contribution in [0.4, 0.5) is 5.82 Å². The van der Waals surface area contributed by atoms with Gasteiger partial charge in [-0.15, -0.1) is 11.3 Å². The maximum Gasteiger partial charge on any atom is 0.131 e. The Kier molecular flexibility index (Phi) is 4.83. The van der Waals surface area contributed by atoms with Crippen LogP contribution >= 0.6 is 11.3 Å². The van der Waals surface area contributed by atoms with E-state index in [1.54, 1.807) is 0 Å². The van der Waals surface area contributed by atoms with E-state index in [1.165, 1.54) is 16.3 Å². The fourth-order valence-electron chi connectivity index (χ4n) is 2.51. The maximum atomic E-state index is 4.60. The van der Waals surface area contributed by atoms with E-state index in [4.69, 9.17) is 0 Å². The van der Waals surface area contributed by atoms with E-state index in [1.807, 2.05) is 30.1 Å². The van der Waals surface area contributed by atoms with E-state index in [2.05, 4.69) is 53.6 Å². The molecule has 110 valence electrons. The predicted molar refractivity (Wildman–Crippen MR) is 86.3 cm³/mol. The molecule has 0 amide bonds. The highest BCUT2D eigenvalue weighted by Crippen LogP contribution is 2.27. The Labute approximate surface area is 125 Å². The van der Waals surface area contributed by atoms with Crippen LogP contribution in [0.25, 0.3) is 0 Å². The molecule has 0 unspecified atom stereocenters. The monoisotopic (exact) mass is 292 g/mol. The Morgan fingerprint density at radius 2 is 2.20 bits per heavy atom. The normalized spacial score (nSPS) is 11.3. The average Bonchev–Trinajstić information content (AvgIpc) is 2.97. The summed E-state index contributed by atoms with van der Waals surface area (Å²) in [6.07, 6.45) is 0. The first-order valence-electron chi connectivity index (χ1n) is 7.00. The molecule has 0 atom stereocenters. The zero-order valence-electron chi connectivity index (χ0n) is 13.0. The molecule has 0 aliphatic heterocycles. The summed E-state index contributed by atoms with van der Waals surface area (Å²) in [7, 11) is 4.01. The van der Waals surface area contributed by atoms with E-state index in [0.29, 0.717) is 6.04 Å². The van der Waals surface area contributed by atoms with Crippen molar-refractivity contribution in [3.05, 3.63) is 33.6 Å². The Hall–Kier alpha value is -1.33. The molecule has 5 heteroatoms. The Bertz CT molecular complexity index is 542. The molecular formula is C15H24N4S. The summed E-state index contributed by atoms with van der Waals surface area (Å²) >= 11 is 1.81. The summed E-state index contributed by atoms with van der Waals surface area (Å²) < 4.78 is 2.01. The van der Waals surface area contributed by atoms with Gasteiger partial charge in [0.2, 0.25) is 0 Å². The van der Waals surface area contributed by atoms with Gasteiger partial charge in [0.1, 0.15) is 5.82 Å². The highest BCUT2D eigenvalue weighted by atomic mass is 32.1. The smallest absolute Gasteiger partial charge is 0.131 e. The summed E-state index contributed by atoms with van der Waals surface area (Å²) in [6, 6.07) is 4.74. The number of aromatic nitrogens is 2. The van der Waals surface area contributed by atoms with Crippen LogP contribution in [0.3, 0.4) is 0 Å². The minimum Gasteiger partial charge on any atom is -0.349 e. The molecule has 1 N–H and O–H groups in total. The molecule has 0 aliphatic rings. The third-order valence-electron chi connectivity index (χ3n) is 3.47. The molecular weight excluding hydrogens is 268 g/mol. The number of thiophene rings is 1. The van der Waals surface area contributed by atoms with E-state index in [9.17, 15) is 0 Å². The molecule has 0 spiro atoms. The van der Waals surface area contributed by atoms with Crippen molar-refractivity contribution >= 4 is 17.2 Å². The lowest BCUT2D eigenvalue weighted by atomic mass is 10.2. The van der Waals surface area contributed by atoms with Gasteiger partial charge in [-0.2, -0.15) is 5.10 Å². The van der Waals surface area contributed by atoms with Crippen molar-refractivity contribution in [1.29, 1.82) is 0 Å².